The van der Waals surface area contributed by atoms with Gasteiger partial charge in [-0.25, -0.2) is 4.98 Å². The molecule has 2 N–H and O–H groups in total. The fourth-order valence-corrected chi connectivity index (χ4v) is 2.70. The van der Waals surface area contributed by atoms with Crippen LogP contribution in [0.15, 0.2) is 65.5 Å². The number of rotatable bonds is 5. The third-order valence-corrected chi connectivity index (χ3v) is 3.95. The average Bonchev–Trinajstić information content (AvgIpc) is 2.66. The van der Waals surface area contributed by atoms with Crippen LogP contribution in [-0.2, 0) is 0 Å². The molecule has 0 unspecified atom stereocenters. The van der Waals surface area contributed by atoms with Gasteiger partial charge < -0.3 is 15.0 Å². The van der Waals surface area contributed by atoms with E-state index in [1.54, 1.807) is 14.0 Å². The van der Waals surface area contributed by atoms with Gasteiger partial charge in [0.15, 0.2) is 0 Å². The van der Waals surface area contributed by atoms with Crippen LogP contribution < -0.4 is 15.6 Å². The van der Waals surface area contributed by atoms with Gasteiger partial charge in [-0.05, 0) is 30.2 Å². The Kier molecular flexibility index (Phi) is 5.12. The molecule has 1 atom stereocenters. The van der Waals surface area contributed by atoms with Crippen LogP contribution in [0.25, 0.3) is 0 Å². The molecule has 26 heavy (non-hydrogen) atoms. The highest BCUT2D eigenvalue weighted by molar-refractivity contribution is 5.92. The summed E-state index contributed by atoms with van der Waals surface area (Å²) in [6, 6.07) is 17.9. The summed E-state index contributed by atoms with van der Waals surface area (Å²) in [5.74, 6) is 0.714. The van der Waals surface area contributed by atoms with Gasteiger partial charge in [0.05, 0.1) is 13.2 Å². The van der Waals surface area contributed by atoms with Gasteiger partial charge in [0.25, 0.3) is 11.5 Å². The van der Waals surface area contributed by atoms with E-state index in [2.05, 4.69) is 15.3 Å². The van der Waals surface area contributed by atoms with Gasteiger partial charge in [-0.3, -0.25) is 9.59 Å². The number of aromatic nitrogens is 2. The fraction of sp³-hybridized carbons (Fsp3) is 0.150. The van der Waals surface area contributed by atoms with E-state index in [4.69, 9.17) is 4.74 Å². The monoisotopic (exact) mass is 349 g/mol. The molecule has 0 saturated carbocycles. The molecule has 3 rings (SSSR count). The number of carbonyl (C=O) groups excluding carboxylic acids is 1. The van der Waals surface area contributed by atoms with Crippen LogP contribution in [0, 0.1) is 6.92 Å². The van der Waals surface area contributed by atoms with Crippen molar-refractivity contribution in [2.45, 2.75) is 13.0 Å². The van der Waals surface area contributed by atoms with E-state index in [-0.39, 0.29) is 17.3 Å². The summed E-state index contributed by atoms with van der Waals surface area (Å²) >= 11 is 0. The van der Waals surface area contributed by atoms with Crippen molar-refractivity contribution in [3.8, 4) is 5.75 Å². The van der Waals surface area contributed by atoms with Gasteiger partial charge >= 0.3 is 0 Å². The lowest BCUT2D eigenvalue weighted by atomic mass is 9.98. The molecule has 0 spiro atoms. The molecule has 0 aliphatic carbocycles. The first-order chi connectivity index (χ1) is 12.6. The molecule has 6 heteroatoms. The van der Waals surface area contributed by atoms with Crippen molar-refractivity contribution in [1.82, 2.24) is 15.3 Å². The van der Waals surface area contributed by atoms with Gasteiger partial charge in [-0.2, -0.15) is 0 Å². The van der Waals surface area contributed by atoms with E-state index < -0.39 is 5.91 Å². The van der Waals surface area contributed by atoms with Crippen molar-refractivity contribution < 1.29 is 9.53 Å². The molecular formula is C20H19N3O3. The highest BCUT2D eigenvalue weighted by Gasteiger charge is 2.19. The summed E-state index contributed by atoms with van der Waals surface area (Å²) in [6.45, 7) is 1.64. The second kappa shape index (κ2) is 7.65. The predicted molar refractivity (Wildman–Crippen MR) is 98.3 cm³/mol. The lowest BCUT2D eigenvalue weighted by Gasteiger charge is -2.20. The van der Waals surface area contributed by atoms with E-state index in [1.165, 1.54) is 6.07 Å². The largest absolute Gasteiger partial charge is 0.497 e. The summed E-state index contributed by atoms with van der Waals surface area (Å²) in [6.07, 6.45) is 0. The Hall–Kier alpha value is -3.41. The summed E-state index contributed by atoms with van der Waals surface area (Å²) in [5.41, 5.74) is 1.54. The van der Waals surface area contributed by atoms with Crippen LogP contribution in [0.2, 0.25) is 0 Å². The fourth-order valence-electron chi connectivity index (χ4n) is 2.70. The normalized spacial score (nSPS) is 11.6. The molecule has 1 aromatic heterocycles. The molecule has 3 aromatic rings. The first kappa shape index (κ1) is 17.4. The van der Waals surface area contributed by atoms with Crippen LogP contribution in [0.1, 0.15) is 33.5 Å². The minimum Gasteiger partial charge on any atom is -0.497 e. The molecule has 1 amide bonds. The standard InChI is InChI=1S/C20H19N3O3/c1-13-21-17(12-18(24)22-13)20(25)23-19(14-6-4-3-5-7-14)15-8-10-16(26-2)11-9-15/h3-12,19H,1-2H3,(H,23,25)(H,21,22,24)/t19-/m0/s1. The number of aryl methyl sites for hydroxylation is 1. The Bertz CT molecular complexity index is 950. The lowest BCUT2D eigenvalue weighted by molar-refractivity contribution is 0.0937. The van der Waals surface area contributed by atoms with Crippen molar-refractivity contribution >= 4 is 5.91 Å². The quantitative estimate of drug-likeness (QED) is 0.742. The molecule has 0 saturated heterocycles. The number of hydrogen-bond donors (Lipinski definition) is 2. The summed E-state index contributed by atoms with van der Waals surface area (Å²) in [7, 11) is 1.60. The van der Waals surface area contributed by atoms with Gasteiger partial charge in [-0.15, -0.1) is 0 Å². The topological polar surface area (TPSA) is 84.1 Å². The van der Waals surface area contributed by atoms with Crippen LogP contribution in [0.5, 0.6) is 5.75 Å². The number of methoxy groups -OCH3 is 1. The van der Waals surface area contributed by atoms with E-state index >= 15 is 0 Å². The van der Waals surface area contributed by atoms with Crippen LogP contribution in [0.4, 0.5) is 0 Å². The second-order valence-electron chi connectivity index (χ2n) is 5.81. The molecule has 132 valence electrons. The first-order valence-corrected chi connectivity index (χ1v) is 8.14. The molecule has 0 bridgehead atoms. The molecular weight excluding hydrogens is 330 g/mol. The first-order valence-electron chi connectivity index (χ1n) is 8.14. The van der Waals surface area contributed by atoms with Gasteiger partial charge in [-0.1, -0.05) is 42.5 Å². The van der Waals surface area contributed by atoms with E-state index in [0.29, 0.717) is 5.82 Å². The minimum atomic E-state index is -0.413. The Morgan fingerprint density at radius 3 is 2.35 bits per heavy atom. The second-order valence-corrected chi connectivity index (χ2v) is 5.81. The average molecular weight is 349 g/mol. The van der Waals surface area contributed by atoms with Crippen molar-refractivity contribution in [2.75, 3.05) is 7.11 Å². The van der Waals surface area contributed by atoms with Crippen molar-refractivity contribution in [2.24, 2.45) is 0 Å². The summed E-state index contributed by atoms with van der Waals surface area (Å²) in [4.78, 5) is 30.9. The zero-order chi connectivity index (χ0) is 18.5. The zero-order valence-electron chi connectivity index (χ0n) is 14.5. The molecule has 1 heterocycles. The molecule has 0 fully saturated rings. The maximum Gasteiger partial charge on any atom is 0.270 e. The highest BCUT2D eigenvalue weighted by Crippen LogP contribution is 2.24. The van der Waals surface area contributed by atoms with E-state index in [9.17, 15) is 9.59 Å². The number of hydrogen-bond acceptors (Lipinski definition) is 4. The van der Waals surface area contributed by atoms with Crippen LogP contribution >= 0.6 is 0 Å². The Morgan fingerprint density at radius 1 is 1.08 bits per heavy atom. The summed E-state index contributed by atoms with van der Waals surface area (Å²) < 4.78 is 5.20. The third kappa shape index (κ3) is 3.97. The third-order valence-electron chi connectivity index (χ3n) is 3.95. The number of benzene rings is 2. The number of carbonyl (C=O) groups is 1. The van der Waals surface area contributed by atoms with Gasteiger partial charge in [0.2, 0.25) is 0 Å². The minimum absolute atomic E-state index is 0.0840. The van der Waals surface area contributed by atoms with Crippen molar-refractivity contribution in [3.63, 3.8) is 0 Å². The number of nitrogens with one attached hydrogen (secondary N) is 2. The number of amides is 1. The predicted octanol–water partition coefficient (Wildman–Crippen LogP) is 2.61. The van der Waals surface area contributed by atoms with Gasteiger partial charge in [0, 0.05) is 6.07 Å². The van der Waals surface area contributed by atoms with Gasteiger partial charge in [0.1, 0.15) is 17.3 Å². The van der Waals surface area contributed by atoms with Crippen molar-refractivity contribution in [1.29, 1.82) is 0 Å². The zero-order valence-corrected chi connectivity index (χ0v) is 14.5. The molecule has 0 aliphatic heterocycles. The molecule has 0 aliphatic rings. The molecule has 2 aromatic carbocycles. The Morgan fingerprint density at radius 2 is 1.73 bits per heavy atom. The number of H-pyrrole nitrogens is 1. The van der Waals surface area contributed by atoms with Crippen molar-refractivity contribution in [3.05, 3.63) is 93.7 Å². The summed E-state index contributed by atoms with van der Waals surface area (Å²) in [5, 5.41) is 2.96. The molecule has 6 nitrogen and oxygen atoms in total. The maximum absolute atomic E-state index is 12.7. The Balaban J connectivity index is 1.95. The van der Waals surface area contributed by atoms with E-state index in [0.717, 1.165) is 16.9 Å². The molecule has 0 radical (unpaired) electrons. The lowest BCUT2D eigenvalue weighted by Crippen LogP contribution is -2.31. The highest BCUT2D eigenvalue weighted by atomic mass is 16.5. The number of ether oxygens (including phenoxy) is 1. The number of aromatic amines is 1. The maximum atomic E-state index is 12.7. The smallest absolute Gasteiger partial charge is 0.270 e. The Labute approximate surface area is 150 Å². The van der Waals surface area contributed by atoms with Crippen LogP contribution in [0.3, 0.4) is 0 Å². The SMILES string of the molecule is COc1ccc([C@@H](NC(=O)c2cc(=O)[nH]c(C)n2)c2ccccc2)cc1. The van der Waals surface area contributed by atoms with Crippen LogP contribution in [-0.4, -0.2) is 23.0 Å². The van der Waals surface area contributed by atoms with E-state index in [1.807, 2.05) is 54.6 Å². The number of nitrogens with zero attached hydrogens (tertiary/aromatic N) is 1.